The molecule has 3 nitrogen and oxygen atoms in total. The molecule has 0 bridgehead atoms. The van der Waals surface area contributed by atoms with E-state index in [1.54, 1.807) is 0 Å². The van der Waals surface area contributed by atoms with Gasteiger partial charge in [0.1, 0.15) is 6.04 Å². The molecule has 1 aromatic carbocycles. The number of benzene rings is 1. The van der Waals surface area contributed by atoms with E-state index < -0.39 is 6.04 Å². The van der Waals surface area contributed by atoms with Gasteiger partial charge < -0.3 is 10.6 Å². The number of aryl methyl sites for hydroxylation is 1. The zero-order valence-electron chi connectivity index (χ0n) is 12.8. The first-order valence-corrected chi connectivity index (χ1v) is 7.60. The summed E-state index contributed by atoms with van der Waals surface area (Å²) in [6.07, 6.45) is 2.20. The zero-order chi connectivity index (χ0) is 14.7. The van der Waals surface area contributed by atoms with Gasteiger partial charge in [-0.05, 0) is 37.2 Å². The molecule has 1 aliphatic rings. The molecule has 2 N–H and O–H groups in total. The van der Waals surface area contributed by atoms with Crippen molar-refractivity contribution in [3.05, 3.63) is 35.4 Å². The van der Waals surface area contributed by atoms with E-state index in [9.17, 15) is 4.79 Å². The summed E-state index contributed by atoms with van der Waals surface area (Å²) in [6, 6.07) is 7.41. The van der Waals surface area contributed by atoms with Gasteiger partial charge in [0.05, 0.1) is 0 Å². The molecule has 0 aliphatic carbocycles. The largest absolute Gasteiger partial charge is 0.341 e. The van der Waals surface area contributed by atoms with Gasteiger partial charge in [0, 0.05) is 13.1 Å². The Balaban J connectivity index is 1.96. The number of hydrogen-bond acceptors (Lipinski definition) is 2. The summed E-state index contributed by atoms with van der Waals surface area (Å²) in [5.74, 6) is 1.52. The summed E-state index contributed by atoms with van der Waals surface area (Å²) in [6.45, 7) is 8.26. The molecule has 2 rings (SSSR count). The van der Waals surface area contributed by atoms with E-state index in [4.69, 9.17) is 5.73 Å². The molecule has 0 saturated carbocycles. The highest BCUT2D eigenvalue weighted by atomic mass is 16.2. The molecule has 1 amide bonds. The van der Waals surface area contributed by atoms with E-state index in [0.29, 0.717) is 5.92 Å². The van der Waals surface area contributed by atoms with Gasteiger partial charge in [-0.25, -0.2) is 0 Å². The molecule has 1 aromatic rings. The van der Waals surface area contributed by atoms with E-state index in [0.717, 1.165) is 37.4 Å². The van der Waals surface area contributed by atoms with Crippen molar-refractivity contribution in [2.45, 2.75) is 39.7 Å². The highest BCUT2D eigenvalue weighted by Gasteiger charge is 2.28. The van der Waals surface area contributed by atoms with Crippen LogP contribution in [-0.4, -0.2) is 23.9 Å². The second-order valence-corrected chi connectivity index (χ2v) is 6.30. The Hall–Kier alpha value is -1.35. The quantitative estimate of drug-likeness (QED) is 0.921. The molecular formula is C17H26N2O. The summed E-state index contributed by atoms with van der Waals surface area (Å²) >= 11 is 0. The third-order valence-electron chi connectivity index (χ3n) is 4.50. The Bertz CT molecular complexity index is 445. The number of rotatable bonds is 3. The smallest absolute Gasteiger partial charge is 0.244 e. The van der Waals surface area contributed by atoms with Crippen LogP contribution in [0.25, 0.3) is 0 Å². The summed E-state index contributed by atoms with van der Waals surface area (Å²) in [7, 11) is 0. The molecule has 1 heterocycles. The number of amides is 1. The van der Waals surface area contributed by atoms with Crippen LogP contribution in [0, 0.1) is 18.8 Å². The van der Waals surface area contributed by atoms with Gasteiger partial charge in [0.2, 0.25) is 5.91 Å². The van der Waals surface area contributed by atoms with Crippen LogP contribution < -0.4 is 5.73 Å². The summed E-state index contributed by atoms with van der Waals surface area (Å²) < 4.78 is 0. The number of nitrogens with two attached hydrogens (primary N) is 1. The summed E-state index contributed by atoms with van der Waals surface area (Å²) in [4.78, 5) is 14.4. The van der Waals surface area contributed by atoms with Crippen LogP contribution in [0.1, 0.15) is 43.9 Å². The van der Waals surface area contributed by atoms with Crippen LogP contribution in [0.3, 0.4) is 0 Å². The minimum Gasteiger partial charge on any atom is -0.341 e. The van der Waals surface area contributed by atoms with Crippen LogP contribution in [-0.2, 0) is 4.79 Å². The maximum absolute atomic E-state index is 12.5. The van der Waals surface area contributed by atoms with E-state index >= 15 is 0 Å². The SMILES string of the molecule is Cc1ccc(C(N)C(=O)N2CCC(C(C)C)CC2)cc1. The lowest BCUT2D eigenvalue weighted by molar-refractivity contribution is -0.134. The predicted molar refractivity (Wildman–Crippen MR) is 82.2 cm³/mol. The number of nitrogens with zero attached hydrogens (tertiary/aromatic N) is 1. The number of hydrogen-bond donors (Lipinski definition) is 1. The second kappa shape index (κ2) is 6.40. The predicted octanol–water partition coefficient (Wildman–Crippen LogP) is 2.89. The van der Waals surface area contributed by atoms with Crippen LogP contribution in [0.2, 0.25) is 0 Å². The molecular weight excluding hydrogens is 248 g/mol. The van der Waals surface area contributed by atoms with E-state index in [2.05, 4.69) is 13.8 Å². The van der Waals surface area contributed by atoms with Crippen molar-refractivity contribution >= 4 is 5.91 Å². The van der Waals surface area contributed by atoms with Gasteiger partial charge in [-0.2, -0.15) is 0 Å². The number of piperidine rings is 1. The van der Waals surface area contributed by atoms with Crippen molar-refractivity contribution in [3.8, 4) is 0 Å². The molecule has 1 atom stereocenters. The molecule has 1 fully saturated rings. The second-order valence-electron chi connectivity index (χ2n) is 6.30. The molecule has 0 spiro atoms. The Kier molecular flexibility index (Phi) is 4.81. The molecule has 1 unspecified atom stereocenters. The van der Waals surface area contributed by atoms with E-state index in [1.165, 1.54) is 5.56 Å². The maximum Gasteiger partial charge on any atom is 0.244 e. The van der Waals surface area contributed by atoms with Crippen LogP contribution in [0.15, 0.2) is 24.3 Å². The monoisotopic (exact) mass is 274 g/mol. The number of carbonyl (C=O) groups excluding carboxylic acids is 1. The lowest BCUT2D eigenvalue weighted by Gasteiger charge is -2.35. The third kappa shape index (κ3) is 3.40. The summed E-state index contributed by atoms with van der Waals surface area (Å²) in [5, 5.41) is 0. The highest BCUT2D eigenvalue weighted by molar-refractivity contribution is 5.83. The summed E-state index contributed by atoms with van der Waals surface area (Å²) in [5.41, 5.74) is 8.22. The van der Waals surface area contributed by atoms with E-state index in [1.807, 2.05) is 36.1 Å². The third-order valence-corrected chi connectivity index (χ3v) is 4.50. The highest BCUT2D eigenvalue weighted by Crippen LogP contribution is 2.26. The number of carbonyl (C=O) groups is 1. The normalized spacial score (nSPS) is 18.4. The van der Waals surface area contributed by atoms with Crippen LogP contribution in [0.4, 0.5) is 0 Å². The van der Waals surface area contributed by atoms with Crippen molar-refractivity contribution in [1.29, 1.82) is 0 Å². The van der Waals surface area contributed by atoms with Crippen molar-refractivity contribution < 1.29 is 4.79 Å². The van der Waals surface area contributed by atoms with Crippen molar-refractivity contribution in [1.82, 2.24) is 4.90 Å². The molecule has 1 aliphatic heterocycles. The first-order valence-electron chi connectivity index (χ1n) is 7.60. The van der Waals surface area contributed by atoms with Crippen molar-refractivity contribution in [3.63, 3.8) is 0 Å². The van der Waals surface area contributed by atoms with Crippen molar-refractivity contribution in [2.75, 3.05) is 13.1 Å². The zero-order valence-corrected chi connectivity index (χ0v) is 12.8. The fourth-order valence-electron chi connectivity index (χ4n) is 2.90. The van der Waals surface area contributed by atoms with Gasteiger partial charge in [0.25, 0.3) is 0 Å². The molecule has 0 aromatic heterocycles. The first kappa shape index (κ1) is 15.0. The van der Waals surface area contributed by atoms with Crippen LogP contribution in [0.5, 0.6) is 0 Å². The van der Waals surface area contributed by atoms with Gasteiger partial charge in [-0.1, -0.05) is 43.7 Å². The van der Waals surface area contributed by atoms with Crippen LogP contribution >= 0.6 is 0 Å². The van der Waals surface area contributed by atoms with Gasteiger partial charge in [-0.3, -0.25) is 4.79 Å². The molecule has 3 heteroatoms. The Morgan fingerprint density at radius 1 is 1.20 bits per heavy atom. The Labute approximate surface area is 122 Å². The number of likely N-dealkylation sites (tertiary alicyclic amines) is 1. The Morgan fingerprint density at radius 3 is 2.25 bits per heavy atom. The minimum absolute atomic E-state index is 0.0658. The van der Waals surface area contributed by atoms with E-state index in [-0.39, 0.29) is 5.91 Å². The fourth-order valence-corrected chi connectivity index (χ4v) is 2.90. The molecule has 20 heavy (non-hydrogen) atoms. The standard InChI is InChI=1S/C17H26N2O/c1-12(2)14-8-10-19(11-9-14)17(20)16(18)15-6-4-13(3)5-7-15/h4-7,12,14,16H,8-11,18H2,1-3H3. The molecule has 0 radical (unpaired) electrons. The lowest BCUT2D eigenvalue weighted by Crippen LogP contribution is -2.43. The topological polar surface area (TPSA) is 46.3 Å². The van der Waals surface area contributed by atoms with Gasteiger partial charge in [0.15, 0.2) is 0 Å². The van der Waals surface area contributed by atoms with Gasteiger partial charge >= 0.3 is 0 Å². The lowest BCUT2D eigenvalue weighted by atomic mass is 9.86. The average molecular weight is 274 g/mol. The van der Waals surface area contributed by atoms with Crippen molar-refractivity contribution in [2.24, 2.45) is 17.6 Å². The minimum atomic E-state index is -0.522. The maximum atomic E-state index is 12.5. The molecule has 110 valence electrons. The first-order chi connectivity index (χ1) is 9.49. The fraction of sp³-hybridized carbons (Fsp3) is 0.588. The average Bonchev–Trinajstić information content (AvgIpc) is 2.46. The Morgan fingerprint density at radius 2 is 1.75 bits per heavy atom. The van der Waals surface area contributed by atoms with Gasteiger partial charge in [-0.15, -0.1) is 0 Å². The molecule has 1 saturated heterocycles.